The molecular formula is C55H87NO3. The van der Waals surface area contributed by atoms with Gasteiger partial charge in [0.25, 0.3) is 0 Å². The molecule has 0 aromatic rings. The Hall–Kier alpha value is -3.73. The van der Waals surface area contributed by atoms with Gasteiger partial charge in [-0.15, -0.1) is 0 Å². The van der Waals surface area contributed by atoms with Gasteiger partial charge in [-0.25, -0.2) is 0 Å². The number of hydrogen-bond donors (Lipinski definition) is 3. The highest BCUT2D eigenvalue weighted by Gasteiger charge is 2.19. The standard InChI is InChI=1S/C55H87NO3/c1-3-5-7-9-11-12-13-14-15-16-17-18-19-20-21-22-23-24-25-26-27-28-29-30-31-32-33-34-35-36-37-38-39-40-41-42-43-44-45-47-49-51-55(59)56-53(52-57)54(58)50-48-46-10-8-6-4-2/h5,7,11-12,14-15,17-18,20-21,23-24,26-27,29-30,32-33,35-36,38-39,41-42,53-54,57-58H,3-4,6,8-10,13,16,19,22,25,28,31,34,37,40,43-52H2,1-2H3,(H,56,59)/b7-5-,12-11-,15-14-,18-17-,21-20-,24-23-,27-26-,30-29-,33-32-,36-35-,39-38-,42-41-. The molecule has 0 radical (unpaired) electrons. The summed E-state index contributed by atoms with van der Waals surface area (Å²) in [5, 5.41) is 22.8. The van der Waals surface area contributed by atoms with Crippen LogP contribution in [0, 0.1) is 0 Å². The number of carbonyl (C=O) groups is 1. The van der Waals surface area contributed by atoms with Crippen molar-refractivity contribution in [3.63, 3.8) is 0 Å². The lowest BCUT2D eigenvalue weighted by Crippen LogP contribution is -2.45. The normalized spacial score (nSPS) is 14.3. The van der Waals surface area contributed by atoms with Gasteiger partial charge in [0.2, 0.25) is 5.91 Å². The molecule has 2 atom stereocenters. The first kappa shape index (κ1) is 55.3. The van der Waals surface area contributed by atoms with E-state index in [0.717, 1.165) is 122 Å². The molecule has 59 heavy (non-hydrogen) atoms. The van der Waals surface area contributed by atoms with Crippen molar-refractivity contribution >= 4 is 5.91 Å². The largest absolute Gasteiger partial charge is 0.394 e. The van der Waals surface area contributed by atoms with Crippen LogP contribution in [0.2, 0.25) is 0 Å². The van der Waals surface area contributed by atoms with Crippen LogP contribution in [0.1, 0.15) is 174 Å². The second kappa shape index (κ2) is 48.6. The van der Waals surface area contributed by atoms with Gasteiger partial charge >= 0.3 is 0 Å². The van der Waals surface area contributed by atoms with Crippen molar-refractivity contribution in [2.75, 3.05) is 6.61 Å². The van der Waals surface area contributed by atoms with E-state index >= 15 is 0 Å². The number of carbonyl (C=O) groups excluding carboxylic acids is 1. The fourth-order valence-corrected chi connectivity index (χ4v) is 6.04. The molecule has 0 aromatic carbocycles. The van der Waals surface area contributed by atoms with Gasteiger partial charge in [-0.05, 0) is 103 Å². The highest BCUT2D eigenvalue weighted by atomic mass is 16.3. The van der Waals surface area contributed by atoms with E-state index < -0.39 is 12.1 Å². The summed E-state index contributed by atoms with van der Waals surface area (Å²) in [5.41, 5.74) is 0. The monoisotopic (exact) mass is 810 g/mol. The number of nitrogens with one attached hydrogen (secondary N) is 1. The summed E-state index contributed by atoms with van der Waals surface area (Å²) < 4.78 is 0. The Morgan fingerprint density at radius 2 is 0.746 bits per heavy atom. The molecule has 0 aliphatic heterocycles. The van der Waals surface area contributed by atoms with Gasteiger partial charge in [-0.3, -0.25) is 4.79 Å². The molecule has 1 amide bonds. The number of aliphatic hydroxyl groups is 2. The van der Waals surface area contributed by atoms with Crippen LogP contribution in [-0.4, -0.2) is 34.9 Å². The van der Waals surface area contributed by atoms with Crippen molar-refractivity contribution < 1.29 is 15.0 Å². The molecule has 3 N–H and O–H groups in total. The van der Waals surface area contributed by atoms with Crippen molar-refractivity contribution in [1.82, 2.24) is 5.32 Å². The van der Waals surface area contributed by atoms with E-state index in [9.17, 15) is 15.0 Å². The SMILES string of the molecule is CC/C=C\C/C=C\C/C=C\C/C=C\C/C=C\C/C=C\C/C=C\C/C=C\C/C=C\C/C=C\C/C=C\C/C=C\CCCCCCC(=O)NC(CO)C(O)CCCCCCCC. The molecule has 0 aliphatic rings. The molecule has 0 saturated heterocycles. The first-order valence-electron chi connectivity index (χ1n) is 23.5. The summed E-state index contributed by atoms with van der Waals surface area (Å²) in [4.78, 5) is 12.3. The molecule has 4 heteroatoms. The number of amides is 1. The molecule has 0 aliphatic carbocycles. The van der Waals surface area contributed by atoms with E-state index in [4.69, 9.17) is 0 Å². The van der Waals surface area contributed by atoms with Gasteiger partial charge in [-0.2, -0.15) is 0 Å². The number of unbranched alkanes of at least 4 members (excludes halogenated alkanes) is 9. The Morgan fingerprint density at radius 1 is 0.424 bits per heavy atom. The molecule has 2 unspecified atom stereocenters. The third-order valence-electron chi connectivity index (χ3n) is 9.62. The van der Waals surface area contributed by atoms with Crippen LogP contribution < -0.4 is 5.32 Å². The number of hydrogen-bond acceptors (Lipinski definition) is 3. The average molecular weight is 810 g/mol. The lowest BCUT2D eigenvalue weighted by Gasteiger charge is -2.22. The van der Waals surface area contributed by atoms with Crippen molar-refractivity contribution in [3.05, 3.63) is 146 Å². The summed E-state index contributed by atoms with van der Waals surface area (Å²) in [6.45, 7) is 4.15. The molecule has 0 bridgehead atoms. The first-order valence-corrected chi connectivity index (χ1v) is 23.5. The number of rotatable bonds is 40. The van der Waals surface area contributed by atoms with Crippen molar-refractivity contribution in [1.29, 1.82) is 0 Å². The Kier molecular flexibility index (Phi) is 45.6. The highest BCUT2D eigenvalue weighted by molar-refractivity contribution is 5.76. The summed E-state index contributed by atoms with van der Waals surface area (Å²) in [5.74, 6) is -0.0692. The topological polar surface area (TPSA) is 69.6 Å². The van der Waals surface area contributed by atoms with Crippen LogP contribution >= 0.6 is 0 Å². The van der Waals surface area contributed by atoms with E-state index in [1.54, 1.807) is 0 Å². The Balaban J connectivity index is 3.69. The maximum absolute atomic E-state index is 12.3. The van der Waals surface area contributed by atoms with Crippen LogP contribution in [0.3, 0.4) is 0 Å². The molecule has 330 valence electrons. The third-order valence-corrected chi connectivity index (χ3v) is 9.62. The molecular weight excluding hydrogens is 723 g/mol. The Bertz CT molecular complexity index is 1280. The van der Waals surface area contributed by atoms with Gasteiger partial charge in [0.05, 0.1) is 18.8 Å². The lowest BCUT2D eigenvalue weighted by molar-refractivity contribution is -0.123. The minimum absolute atomic E-state index is 0.0692. The Morgan fingerprint density at radius 3 is 1.12 bits per heavy atom. The van der Waals surface area contributed by atoms with Gasteiger partial charge in [-0.1, -0.05) is 211 Å². The zero-order valence-corrected chi connectivity index (χ0v) is 37.7. The van der Waals surface area contributed by atoms with Gasteiger partial charge < -0.3 is 15.5 Å². The van der Waals surface area contributed by atoms with Gasteiger partial charge in [0, 0.05) is 6.42 Å². The first-order chi connectivity index (χ1) is 29.2. The summed E-state index contributed by atoms with van der Waals surface area (Å²) in [7, 11) is 0. The van der Waals surface area contributed by atoms with Crippen LogP contribution in [-0.2, 0) is 4.79 Å². The van der Waals surface area contributed by atoms with E-state index in [0.29, 0.717) is 12.8 Å². The summed E-state index contributed by atoms with van der Waals surface area (Å²) >= 11 is 0. The van der Waals surface area contributed by atoms with E-state index in [1.165, 1.54) is 25.7 Å². The van der Waals surface area contributed by atoms with Crippen LogP contribution in [0.5, 0.6) is 0 Å². The fraction of sp³-hybridized carbons (Fsp3) is 0.545. The quantitative estimate of drug-likeness (QED) is 0.0426. The number of allylic oxidation sites excluding steroid dienone is 24. The van der Waals surface area contributed by atoms with Crippen molar-refractivity contribution in [2.45, 2.75) is 187 Å². The lowest BCUT2D eigenvalue weighted by atomic mass is 10.0. The molecule has 0 saturated carbocycles. The number of aliphatic hydroxyl groups excluding tert-OH is 2. The predicted molar refractivity (Wildman–Crippen MR) is 261 cm³/mol. The second-order valence-electron chi connectivity index (χ2n) is 15.1. The summed E-state index contributed by atoms with van der Waals surface area (Å²) in [6, 6.07) is -0.557. The van der Waals surface area contributed by atoms with Gasteiger partial charge in [0.1, 0.15) is 0 Å². The zero-order chi connectivity index (χ0) is 42.8. The molecule has 0 fully saturated rings. The zero-order valence-electron chi connectivity index (χ0n) is 37.7. The smallest absolute Gasteiger partial charge is 0.220 e. The molecule has 4 nitrogen and oxygen atoms in total. The minimum Gasteiger partial charge on any atom is -0.394 e. The highest BCUT2D eigenvalue weighted by Crippen LogP contribution is 2.12. The van der Waals surface area contributed by atoms with Crippen LogP contribution in [0.15, 0.2) is 146 Å². The van der Waals surface area contributed by atoms with Crippen molar-refractivity contribution in [2.24, 2.45) is 0 Å². The minimum atomic E-state index is -0.676. The van der Waals surface area contributed by atoms with E-state index in [1.807, 2.05) is 0 Å². The van der Waals surface area contributed by atoms with E-state index in [2.05, 4.69) is 165 Å². The van der Waals surface area contributed by atoms with Gasteiger partial charge in [0.15, 0.2) is 0 Å². The molecule has 0 aromatic heterocycles. The maximum atomic E-state index is 12.3. The van der Waals surface area contributed by atoms with E-state index in [-0.39, 0.29) is 12.5 Å². The molecule has 0 heterocycles. The average Bonchev–Trinajstić information content (AvgIpc) is 3.24. The maximum Gasteiger partial charge on any atom is 0.220 e. The van der Waals surface area contributed by atoms with Crippen LogP contribution in [0.4, 0.5) is 0 Å². The Labute approximate surface area is 363 Å². The summed E-state index contributed by atoms with van der Waals surface area (Å²) in [6.07, 6.45) is 78.2. The fourth-order valence-electron chi connectivity index (χ4n) is 6.04. The van der Waals surface area contributed by atoms with Crippen molar-refractivity contribution in [3.8, 4) is 0 Å². The predicted octanol–water partition coefficient (Wildman–Crippen LogP) is 15.3. The second-order valence-corrected chi connectivity index (χ2v) is 15.1. The molecule has 0 rings (SSSR count). The third kappa shape index (κ3) is 45.2. The molecule has 0 spiro atoms. The van der Waals surface area contributed by atoms with Crippen LogP contribution in [0.25, 0.3) is 0 Å².